The van der Waals surface area contributed by atoms with Crippen molar-refractivity contribution in [3.63, 3.8) is 0 Å². The van der Waals surface area contributed by atoms with Gasteiger partial charge < -0.3 is 9.88 Å². The van der Waals surface area contributed by atoms with Crippen LogP contribution in [0.3, 0.4) is 0 Å². The van der Waals surface area contributed by atoms with Gasteiger partial charge in [-0.05, 0) is 37.8 Å². The van der Waals surface area contributed by atoms with E-state index in [1.54, 1.807) is 0 Å². The summed E-state index contributed by atoms with van der Waals surface area (Å²) in [5.41, 5.74) is 5.41. The fourth-order valence-electron chi connectivity index (χ4n) is 4.89. The van der Waals surface area contributed by atoms with Crippen molar-refractivity contribution in [2.24, 2.45) is 11.8 Å². The van der Waals surface area contributed by atoms with E-state index in [0.717, 1.165) is 25.8 Å². The second-order valence-electron chi connectivity index (χ2n) is 7.05. The number of aromatic amines is 1. The van der Waals surface area contributed by atoms with E-state index in [4.69, 9.17) is 0 Å². The summed E-state index contributed by atoms with van der Waals surface area (Å²) in [6.07, 6.45) is 5.24. The normalized spacial score (nSPS) is 30.0. The number of carbonyl (C=O) groups excluding carboxylic acids is 1. The zero-order valence-corrected chi connectivity index (χ0v) is 12.8. The molecule has 1 amide bonds. The number of hydrogen-bond donors (Lipinski definition) is 1. The Kier molecular flexibility index (Phi) is 2.42. The van der Waals surface area contributed by atoms with Gasteiger partial charge in [0.1, 0.15) is 0 Å². The minimum Gasteiger partial charge on any atom is -0.356 e. The van der Waals surface area contributed by atoms with Crippen LogP contribution in [0.4, 0.5) is 0 Å². The third-order valence-electron chi connectivity index (χ3n) is 5.88. The molecular weight excluding hydrogens is 272 g/mol. The minimum absolute atomic E-state index is 0.200. The lowest BCUT2D eigenvalue weighted by atomic mass is 9.77. The van der Waals surface area contributed by atoms with E-state index in [1.165, 1.54) is 27.7 Å². The van der Waals surface area contributed by atoms with Gasteiger partial charge in [0, 0.05) is 35.0 Å². The van der Waals surface area contributed by atoms with Crippen LogP contribution in [0, 0.1) is 11.8 Å². The van der Waals surface area contributed by atoms with Gasteiger partial charge in [0.15, 0.2) is 0 Å². The predicted octanol–water partition coefficient (Wildman–Crippen LogP) is 3.58. The number of benzene rings is 1. The molecule has 1 aliphatic carbocycles. The number of para-hydroxylation sites is 1. The molecule has 1 N–H and O–H groups in total. The molecule has 3 nitrogen and oxygen atoms in total. The average molecular weight is 292 g/mol. The second-order valence-corrected chi connectivity index (χ2v) is 7.05. The standard InChI is InChI=1S/C19H20N2O/c1-11-6-7-14-15(10-11)18-17-13(8-9-21(18)19(14)22)12-4-2-3-5-16(12)20-17/h2-6,14-15,18,20H,7-10H2,1H3/t14-,15+,18+/m1/s1. The number of nitrogens with zero attached hydrogens (tertiary/aromatic N) is 1. The summed E-state index contributed by atoms with van der Waals surface area (Å²) in [4.78, 5) is 18.6. The topological polar surface area (TPSA) is 36.1 Å². The average Bonchev–Trinajstić information content (AvgIpc) is 3.03. The molecule has 3 heteroatoms. The first kappa shape index (κ1) is 12.5. The monoisotopic (exact) mass is 292 g/mol. The third kappa shape index (κ3) is 1.49. The molecule has 1 aromatic heterocycles. The van der Waals surface area contributed by atoms with Crippen LogP contribution in [0.25, 0.3) is 10.9 Å². The molecule has 0 spiro atoms. The summed E-state index contributed by atoms with van der Waals surface area (Å²) in [6, 6.07) is 8.81. The molecule has 0 unspecified atom stereocenters. The Morgan fingerprint density at radius 1 is 1.27 bits per heavy atom. The number of hydrogen-bond acceptors (Lipinski definition) is 1. The van der Waals surface area contributed by atoms with Crippen LogP contribution >= 0.6 is 0 Å². The van der Waals surface area contributed by atoms with Gasteiger partial charge in [-0.15, -0.1) is 0 Å². The summed E-state index contributed by atoms with van der Waals surface area (Å²) >= 11 is 0. The number of allylic oxidation sites excluding steroid dienone is 2. The summed E-state index contributed by atoms with van der Waals surface area (Å²) < 4.78 is 0. The zero-order chi connectivity index (χ0) is 14.8. The number of fused-ring (bicyclic) bond motifs is 7. The molecule has 0 saturated carbocycles. The smallest absolute Gasteiger partial charge is 0.226 e. The van der Waals surface area contributed by atoms with Crippen LogP contribution in [-0.4, -0.2) is 22.3 Å². The van der Waals surface area contributed by atoms with Crippen molar-refractivity contribution in [3.8, 4) is 0 Å². The first-order chi connectivity index (χ1) is 10.7. The maximum absolute atomic E-state index is 12.8. The largest absolute Gasteiger partial charge is 0.356 e. The van der Waals surface area contributed by atoms with Gasteiger partial charge in [-0.2, -0.15) is 0 Å². The van der Waals surface area contributed by atoms with Gasteiger partial charge in [-0.3, -0.25) is 4.79 Å². The molecule has 0 bridgehead atoms. The first-order valence-corrected chi connectivity index (χ1v) is 8.29. The molecule has 0 radical (unpaired) electrons. The maximum atomic E-state index is 12.8. The van der Waals surface area contributed by atoms with E-state index in [9.17, 15) is 4.79 Å². The Morgan fingerprint density at radius 2 is 2.14 bits per heavy atom. The Morgan fingerprint density at radius 3 is 3.05 bits per heavy atom. The predicted molar refractivity (Wildman–Crippen MR) is 86.4 cm³/mol. The van der Waals surface area contributed by atoms with Crippen LogP contribution < -0.4 is 0 Å². The Balaban J connectivity index is 1.69. The third-order valence-corrected chi connectivity index (χ3v) is 5.88. The maximum Gasteiger partial charge on any atom is 0.226 e. The van der Waals surface area contributed by atoms with Crippen molar-refractivity contribution in [1.82, 2.24) is 9.88 Å². The molecule has 1 fully saturated rings. The molecule has 112 valence electrons. The van der Waals surface area contributed by atoms with Gasteiger partial charge in [0.25, 0.3) is 0 Å². The van der Waals surface area contributed by atoms with Crippen LogP contribution in [0.15, 0.2) is 35.9 Å². The van der Waals surface area contributed by atoms with Gasteiger partial charge in [-0.1, -0.05) is 29.8 Å². The number of carbonyl (C=O) groups is 1. The van der Waals surface area contributed by atoms with Crippen LogP contribution in [0.5, 0.6) is 0 Å². The molecule has 22 heavy (non-hydrogen) atoms. The Bertz CT molecular complexity index is 816. The first-order valence-electron chi connectivity index (χ1n) is 8.29. The minimum atomic E-state index is 0.200. The second kappa shape index (κ2) is 4.25. The van der Waals surface area contributed by atoms with Crippen molar-refractivity contribution in [2.45, 2.75) is 32.2 Å². The molecule has 2 aliphatic heterocycles. The Hall–Kier alpha value is -2.03. The summed E-state index contributed by atoms with van der Waals surface area (Å²) in [5.74, 6) is 1.03. The molecule has 2 aromatic rings. The number of rotatable bonds is 0. The number of nitrogens with one attached hydrogen (secondary N) is 1. The van der Waals surface area contributed by atoms with E-state index in [-0.39, 0.29) is 12.0 Å². The number of H-pyrrole nitrogens is 1. The van der Waals surface area contributed by atoms with Gasteiger partial charge in [0.05, 0.1) is 6.04 Å². The quantitative estimate of drug-likeness (QED) is 0.740. The summed E-state index contributed by atoms with van der Waals surface area (Å²) in [7, 11) is 0. The summed E-state index contributed by atoms with van der Waals surface area (Å²) in [5, 5.41) is 1.34. The summed E-state index contributed by atoms with van der Waals surface area (Å²) in [6.45, 7) is 3.09. The molecule has 3 atom stereocenters. The molecule has 1 aromatic carbocycles. The molecule has 1 saturated heterocycles. The van der Waals surface area contributed by atoms with E-state index in [1.807, 2.05) is 0 Å². The number of aromatic nitrogens is 1. The van der Waals surface area contributed by atoms with Crippen molar-refractivity contribution in [3.05, 3.63) is 47.2 Å². The highest BCUT2D eigenvalue weighted by atomic mass is 16.2. The lowest BCUT2D eigenvalue weighted by Crippen LogP contribution is -2.35. The molecule has 3 aliphatic rings. The lowest BCUT2D eigenvalue weighted by Gasteiger charge is -2.33. The van der Waals surface area contributed by atoms with Crippen LogP contribution in [0.2, 0.25) is 0 Å². The van der Waals surface area contributed by atoms with Crippen molar-refractivity contribution in [2.75, 3.05) is 6.54 Å². The van der Waals surface area contributed by atoms with E-state index < -0.39 is 0 Å². The fraction of sp³-hybridized carbons (Fsp3) is 0.421. The molecule has 3 heterocycles. The van der Waals surface area contributed by atoms with E-state index in [2.05, 4.69) is 47.1 Å². The van der Waals surface area contributed by atoms with E-state index >= 15 is 0 Å². The molecular formula is C19H20N2O. The number of amides is 1. The van der Waals surface area contributed by atoms with Gasteiger partial charge >= 0.3 is 0 Å². The van der Waals surface area contributed by atoms with Crippen molar-refractivity contribution >= 4 is 16.8 Å². The zero-order valence-electron chi connectivity index (χ0n) is 12.8. The van der Waals surface area contributed by atoms with Crippen LogP contribution in [0.1, 0.15) is 37.1 Å². The SMILES string of the molecule is CC1=CC[C@H]2C(=O)N3CCc4c([nH]c5ccccc45)[C@@H]3[C@H]2C1. The van der Waals surface area contributed by atoms with Crippen molar-refractivity contribution < 1.29 is 4.79 Å². The lowest BCUT2D eigenvalue weighted by molar-refractivity contribution is -0.132. The highest BCUT2D eigenvalue weighted by Gasteiger charge is 2.51. The van der Waals surface area contributed by atoms with Gasteiger partial charge in [0.2, 0.25) is 5.91 Å². The van der Waals surface area contributed by atoms with E-state index in [0.29, 0.717) is 11.8 Å². The molecule has 5 rings (SSSR count). The fourth-order valence-corrected chi connectivity index (χ4v) is 4.89. The van der Waals surface area contributed by atoms with Crippen LogP contribution in [-0.2, 0) is 11.2 Å². The van der Waals surface area contributed by atoms with Crippen molar-refractivity contribution in [1.29, 1.82) is 0 Å². The Labute approximate surface area is 130 Å². The highest BCUT2D eigenvalue weighted by molar-refractivity contribution is 5.88. The highest BCUT2D eigenvalue weighted by Crippen LogP contribution is 2.51. The van der Waals surface area contributed by atoms with Gasteiger partial charge in [-0.25, -0.2) is 0 Å².